The number of pyridine rings is 1. The molecule has 1 aliphatic heterocycles. The average molecular weight is 1320 g/mol. The molecule has 0 saturated heterocycles. The largest absolute Gasteiger partial charge is 0.510 e. The summed E-state index contributed by atoms with van der Waals surface area (Å²) in [5.41, 5.74) is 22.1. The van der Waals surface area contributed by atoms with Gasteiger partial charge in [-0.2, -0.15) is 18.2 Å². The molecule has 0 aliphatic carbocycles. The van der Waals surface area contributed by atoms with Crippen molar-refractivity contribution in [3.8, 4) is 84.3 Å². The maximum atomic E-state index is 6.94. The van der Waals surface area contributed by atoms with Crippen LogP contribution in [0.5, 0.6) is 11.5 Å². The van der Waals surface area contributed by atoms with Gasteiger partial charge in [-0.05, 0) is 149 Å². The van der Waals surface area contributed by atoms with Crippen molar-refractivity contribution in [1.82, 2.24) is 14.1 Å². The van der Waals surface area contributed by atoms with Crippen LogP contribution in [0.4, 0.5) is 0 Å². The molecule has 0 saturated carbocycles. The molecule has 88 heavy (non-hydrogen) atoms. The topological polar surface area (TPSA) is 62.1 Å². The minimum Gasteiger partial charge on any atom is -0.510 e. The molecule has 0 amide bonds. The number of hydrogen-bond acceptors (Lipinski definition) is 4. The Morgan fingerprint density at radius 1 is 0.420 bits per heavy atom. The third kappa shape index (κ3) is 8.50. The molecule has 11 aromatic carbocycles. The smallest absolute Gasteiger partial charge is 0.268 e. The Kier molecular flexibility index (Phi) is 12.1. The first-order valence-corrected chi connectivity index (χ1v) is 29.7. The number of imidazole rings is 1. The van der Waals surface area contributed by atoms with Gasteiger partial charge < -0.3 is 22.7 Å². The van der Waals surface area contributed by atoms with Crippen molar-refractivity contribution in [2.45, 2.75) is 52.4 Å². The van der Waals surface area contributed by atoms with E-state index in [9.17, 15) is 0 Å². The van der Waals surface area contributed by atoms with Gasteiger partial charge in [-0.3, -0.25) is 4.57 Å². The number of fused-ring (bicyclic) bond motifs is 16. The molecule has 6 heterocycles. The van der Waals surface area contributed by atoms with Gasteiger partial charge in [-0.15, -0.1) is 29.7 Å². The molecule has 1 aliphatic rings. The van der Waals surface area contributed by atoms with E-state index in [1.54, 1.807) is 0 Å². The summed E-state index contributed by atoms with van der Waals surface area (Å²) in [5.74, 6) is 1.92. The Bertz CT molecular complexity index is 5550. The van der Waals surface area contributed by atoms with Gasteiger partial charge >= 0.3 is 0 Å². The zero-order chi connectivity index (χ0) is 58.4. The monoisotopic (exact) mass is 1320 g/mol. The number of para-hydroxylation sites is 3. The standard InChI is InChI=1S/C80H56N4O3.Pt/c1-79(2,3)51-36-37-81-76(44-51)84-69-27-14-11-24-60(69)61-33-32-55(46-70(61)84)85-54-19-17-18-53(45-54)82-47-83-77-64(49-31-35-75-66(39-49)63-26-13-16-29-73(63)87-75)42-52(80(4,5)6)43-68(77)59-23-10-8-21-57(59)56-20-7-9-22-58(56)67-40-50(41-71(82)78(67)83)48-30-34-74-65(38-48)62-25-12-15-28-72(62)86-74;/h7-44H,1-6H3;/q-2;. The Morgan fingerprint density at radius 2 is 1.00 bits per heavy atom. The minimum absolute atomic E-state index is 0. The van der Waals surface area contributed by atoms with E-state index in [4.69, 9.17) is 18.6 Å². The third-order valence-corrected chi connectivity index (χ3v) is 17.7. The average Bonchev–Trinajstić information content (AvgIpc) is 1.54. The third-order valence-electron chi connectivity index (χ3n) is 17.7. The maximum Gasteiger partial charge on any atom is 0.268 e. The van der Waals surface area contributed by atoms with Crippen LogP contribution in [-0.4, -0.2) is 14.1 Å². The van der Waals surface area contributed by atoms with Crippen LogP contribution < -0.4 is 9.30 Å². The summed E-state index contributed by atoms with van der Waals surface area (Å²) in [6, 6.07) is 87.6. The second-order valence-corrected chi connectivity index (χ2v) is 25.1. The summed E-state index contributed by atoms with van der Waals surface area (Å²) >= 11 is 0. The molecular weight excluding hydrogens is 1260 g/mol. The first kappa shape index (κ1) is 53.4. The van der Waals surface area contributed by atoms with Crippen LogP contribution in [0.1, 0.15) is 52.7 Å². The maximum absolute atomic E-state index is 6.94. The molecule has 7 nitrogen and oxygen atoms in total. The van der Waals surface area contributed by atoms with Crippen molar-refractivity contribution < 1.29 is 39.2 Å². The normalized spacial score (nSPS) is 12.3. The fourth-order valence-corrected chi connectivity index (χ4v) is 13.3. The molecular formula is C80H56N4O3Pt-2. The second-order valence-electron chi connectivity index (χ2n) is 25.1. The van der Waals surface area contributed by atoms with Crippen LogP contribution in [0, 0.1) is 18.5 Å². The Labute approximate surface area is 523 Å². The summed E-state index contributed by atoms with van der Waals surface area (Å²) < 4.78 is 26.5. The first-order valence-electron chi connectivity index (χ1n) is 29.7. The number of rotatable bonds is 6. The van der Waals surface area contributed by atoms with Crippen LogP contribution in [0.2, 0.25) is 0 Å². The summed E-state index contributed by atoms with van der Waals surface area (Å²) in [7, 11) is 0. The number of hydrogen-bond donors (Lipinski definition) is 0. The number of benzene rings is 11. The van der Waals surface area contributed by atoms with E-state index in [1.807, 2.05) is 48.7 Å². The van der Waals surface area contributed by atoms with Crippen molar-refractivity contribution in [2.75, 3.05) is 0 Å². The van der Waals surface area contributed by atoms with Gasteiger partial charge in [-0.25, -0.2) is 4.98 Å². The van der Waals surface area contributed by atoms with Gasteiger partial charge in [-0.1, -0.05) is 181 Å². The van der Waals surface area contributed by atoms with Gasteiger partial charge in [0.2, 0.25) is 0 Å². The fraction of sp³-hybridized carbons (Fsp3) is 0.100. The summed E-state index contributed by atoms with van der Waals surface area (Å²) in [4.78, 5) is 4.94. The Morgan fingerprint density at radius 3 is 1.69 bits per heavy atom. The molecule has 0 unspecified atom stereocenters. The fourth-order valence-electron chi connectivity index (χ4n) is 13.3. The molecule has 17 rings (SSSR count). The number of nitrogens with zero attached hydrogens (tertiary/aromatic N) is 4. The molecule has 0 atom stereocenters. The molecule has 0 bridgehead atoms. The van der Waals surface area contributed by atoms with E-state index in [2.05, 4.69) is 256 Å². The Hall–Kier alpha value is -10.1. The summed E-state index contributed by atoms with van der Waals surface area (Å²) in [6.07, 6.45) is 5.99. The molecule has 0 radical (unpaired) electrons. The van der Waals surface area contributed by atoms with Crippen molar-refractivity contribution in [2.24, 2.45) is 0 Å². The minimum atomic E-state index is -0.215. The van der Waals surface area contributed by atoms with Gasteiger partial charge in [0.1, 0.15) is 28.1 Å². The van der Waals surface area contributed by atoms with Crippen LogP contribution in [0.3, 0.4) is 0 Å². The van der Waals surface area contributed by atoms with Gasteiger partial charge in [0.15, 0.2) is 0 Å². The van der Waals surface area contributed by atoms with Gasteiger partial charge in [0.25, 0.3) is 6.33 Å². The Balaban J connectivity index is 0.00000624. The van der Waals surface area contributed by atoms with Crippen molar-refractivity contribution in [3.05, 3.63) is 260 Å². The van der Waals surface area contributed by atoms with Crippen molar-refractivity contribution in [1.29, 1.82) is 0 Å². The molecule has 8 heteroatoms. The van der Waals surface area contributed by atoms with Crippen molar-refractivity contribution in [3.63, 3.8) is 0 Å². The van der Waals surface area contributed by atoms with Crippen LogP contribution in [-0.2, 0) is 31.9 Å². The predicted octanol–water partition coefficient (Wildman–Crippen LogP) is 20.6. The van der Waals surface area contributed by atoms with E-state index >= 15 is 0 Å². The number of furan rings is 2. The molecule has 426 valence electrons. The quantitative estimate of drug-likeness (QED) is 0.123. The SMILES string of the molecule is CC(C)(C)c1ccnc(-n2c3[c-]c(Oc4[c-]c(-n5[c-][n+]6c7c(cc(-c8ccc9oc%10ccccc%10c9c8)cc75)-c5ccccc5-c5ccccc5-c5cc(C(C)(C)C)cc(-c7ccc8oc9ccccc9c8c7)c5-6)ccc4)ccc3c3ccccc32)c1.[Pt]. The summed E-state index contributed by atoms with van der Waals surface area (Å²) in [6.45, 7) is 13.6. The van der Waals surface area contributed by atoms with Gasteiger partial charge in [0, 0.05) is 65.8 Å². The van der Waals surface area contributed by atoms with E-state index < -0.39 is 0 Å². The molecule has 0 fully saturated rings. The van der Waals surface area contributed by atoms with Gasteiger partial charge in [0.05, 0.1) is 16.7 Å². The number of ether oxygens (including phenoxy) is 1. The first-order chi connectivity index (χ1) is 42.4. The molecule has 5 aromatic heterocycles. The summed E-state index contributed by atoms with van der Waals surface area (Å²) in [5, 5.41) is 6.46. The van der Waals surface area contributed by atoms with Crippen LogP contribution in [0.15, 0.2) is 239 Å². The molecule has 16 aromatic rings. The van der Waals surface area contributed by atoms with Crippen LogP contribution >= 0.6 is 0 Å². The predicted molar refractivity (Wildman–Crippen MR) is 353 cm³/mol. The van der Waals surface area contributed by atoms with E-state index in [0.29, 0.717) is 11.5 Å². The second kappa shape index (κ2) is 20.0. The van der Waals surface area contributed by atoms with Crippen LogP contribution in [0.25, 0.3) is 150 Å². The zero-order valence-electron chi connectivity index (χ0n) is 49.3. The number of aromatic nitrogens is 4. The van der Waals surface area contributed by atoms with Crippen molar-refractivity contribution >= 4 is 76.7 Å². The molecule has 0 spiro atoms. The van der Waals surface area contributed by atoms with E-state index in [1.165, 1.54) is 11.1 Å². The van der Waals surface area contributed by atoms with E-state index in [-0.39, 0.29) is 31.9 Å². The zero-order valence-corrected chi connectivity index (χ0v) is 51.5. The van der Waals surface area contributed by atoms with E-state index in [0.717, 1.165) is 150 Å². The molecule has 0 N–H and O–H groups in total.